The number of unbranched alkanes of at least 4 members (excludes halogenated alkanes) is 1. The zero-order valence-corrected chi connectivity index (χ0v) is 23.0. The average molecular weight is 584 g/mol. The van der Waals surface area contributed by atoms with Crippen LogP contribution in [0, 0.1) is 0 Å². The van der Waals surface area contributed by atoms with Gasteiger partial charge in [0.25, 0.3) is 0 Å². The van der Waals surface area contributed by atoms with Gasteiger partial charge in [0.05, 0.1) is 18.8 Å². The van der Waals surface area contributed by atoms with Gasteiger partial charge in [-0.15, -0.1) is 0 Å². The van der Waals surface area contributed by atoms with Gasteiger partial charge in [-0.1, -0.05) is 18.2 Å². The second kappa shape index (κ2) is 15.3. The van der Waals surface area contributed by atoms with Gasteiger partial charge in [-0.05, 0) is 37.4 Å². The number of carboxylic acid groups (broad SMARTS) is 1. The standard InChI is InChI=1S/C27H37N9O6/c28-8-4-3-7-20(25(39)36-22(27(41)42)10-16-13-31-14-33-16)34-26(40)21(35-24(38)18(29)11-23(30)37)9-15-12-32-19-6-2-1-5-17(15)19/h1-2,5-6,12-14,18,20-22,32H,3-4,7-11,28-29H2,(H2,30,37)(H,31,33)(H,34,40)(H,35,38)(H,36,39)(H,41,42). The fourth-order valence-electron chi connectivity index (χ4n) is 4.44. The van der Waals surface area contributed by atoms with Crippen LogP contribution in [0.15, 0.2) is 43.0 Å². The van der Waals surface area contributed by atoms with Crippen molar-refractivity contribution in [2.75, 3.05) is 6.54 Å². The minimum atomic E-state index is -1.29. The highest BCUT2D eigenvalue weighted by atomic mass is 16.4. The molecule has 0 aliphatic heterocycles. The second-order valence-electron chi connectivity index (χ2n) is 9.93. The number of primary amides is 1. The van der Waals surface area contributed by atoms with Crippen LogP contribution in [0.1, 0.15) is 36.9 Å². The Morgan fingerprint density at radius 3 is 2.26 bits per heavy atom. The first-order valence-corrected chi connectivity index (χ1v) is 13.5. The number of carboxylic acids is 1. The molecule has 12 N–H and O–H groups in total. The molecule has 0 aliphatic rings. The monoisotopic (exact) mass is 583 g/mol. The number of aromatic amines is 2. The number of H-pyrrole nitrogens is 2. The first-order chi connectivity index (χ1) is 20.1. The van der Waals surface area contributed by atoms with Crippen molar-refractivity contribution >= 4 is 40.5 Å². The van der Waals surface area contributed by atoms with Gasteiger partial charge >= 0.3 is 5.97 Å². The number of hydrogen-bond acceptors (Lipinski definition) is 8. The summed E-state index contributed by atoms with van der Waals surface area (Å²) in [6, 6.07) is 2.48. The van der Waals surface area contributed by atoms with E-state index in [1.165, 1.54) is 12.5 Å². The van der Waals surface area contributed by atoms with Crippen LogP contribution in [0.2, 0.25) is 0 Å². The van der Waals surface area contributed by atoms with Crippen LogP contribution in [0.3, 0.4) is 0 Å². The Morgan fingerprint density at radius 2 is 1.60 bits per heavy atom. The van der Waals surface area contributed by atoms with E-state index < -0.39 is 60.2 Å². The van der Waals surface area contributed by atoms with E-state index in [-0.39, 0.29) is 19.3 Å². The van der Waals surface area contributed by atoms with Crippen molar-refractivity contribution in [2.24, 2.45) is 17.2 Å². The molecule has 4 amide bonds. The molecule has 4 unspecified atom stereocenters. The zero-order valence-electron chi connectivity index (χ0n) is 23.0. The molecule has 0 saturated heterocycles. The van der Waals surface area contributed by atoms with Crippen LogP contribution < -0.4 is 33.2 Å². The van der Waals surface area contributed by atoms with Crippen molar-refractivity contribution in [2.45, 2.75) is 62.7 Å². The Bertz CT molecular complexity index is 1370. The fourth-order valence-corrected chi connectivity index (χ4v) is 4.44. The molecule has 0 saturated carbocycles. The minimum Gasteiger partial charge on any atom is -0.480 e. The van der Waals surface area contributed by atoms with Gasteiger partial charge < -0.3 is 48.2 Å². The van der Waals surface area contributed by atoms with Crippen molar-refractivity contribution in [1.29, 1.82) is 0 Å². The molecule has 2 heterocycles. The number of rotatable bonds is 17. The van der Waals surface area contributed by atoms with Gasteiger partial charge in [-0.25, -0.2) is 9.78 Å². The van der Waals surface area contributed by atoms with Crippen molar-refractivity contribution in [3.63, 3.8) is 0 Å². The van der Waals surface area contributed by atoms with E-state index in [4.69, 9.17) is 17.2 Å². The van der Waals surface area contributed by atoms with Gasteiger partial charge in [0.15, 0.2) is 0 Å². The molecular formula is C27H37N9O6. The summed E-state index contributed by atoms with van der Waals surface area (Å²) in [5.41, 5.74) is 18.6. The third-order valence-electron chi connectivity index (χ3n) is 6.66. The number of carbonyl (C=O) groups is 5. The highest BCUT2D eigenvalue weighted by Gasteiger charge is 2.31. The van der Waals surface area contributed by atoms with Crippen LogP contribution in [-0.2, 0) is 36.8 Å². The van der Waals surface area contributed by atoms with Gasteiger partial charge in [-0.3, -0.25) is 19.2 Å². The number of carbonyl (C=O) groups excluding carboxylic acids is 4. The summed E-state index contributed by atoms with van der Waals surface area (Å²) in [7, 11) is 0. The van der Waals surface area contributed by atoms with Crippen LogP contribution in [0.4, 0.5) is 0 Å². The van der Waals surface area contributed by atoms with Gasteiger partial charge in [0, 0.05) is 41.8 Å². The predicted molar refractivity (Wildman–Crippen MR) is 152 cm³/mol. The maximum Gasteiger partial charge on any atom is 0.326 e. The van der Waals surface area contributed by atoms with E-state index in [1.807, 2.05) is 24.3 Å². The summed E-state index contributed by atoms with van der Waals surface area (Å²) in [6.45, 7) is 0.358. The van der Waals surface area contributed by atoms with E-state index in [9.17, 15) is 29.1 Å². The average Bonchev–Trinajstić information content (AvgIpc) is 3.61. The molecular weight excluding hydrogens is 546 g/mol. The predicted octanol–water partition coefficient (Wildman–Crippen LogP) is -1.45. The number of nitrogens with one attached hydrogen (secondary N) is 5. The molecule has 1 aromatic carbocycles. The lowest BCUT2D eigenvalue weighted by Crippen LogP contribution is -2.58. The van der Waals surface area contributed by atoms with Crippen molar-refractivity contribution in [3.8, 4) is 0 Å². The lowest BCUT2D eigenvalue weighted by atomic mass is 10.0. The number of aromatic nitrogens is 3. The summed E-state index contributed by atoms with van der Waals surface area (Å²) in [5, 5.41) is 18.2. The Hall–Kier alpha value is -4.76. The summed E-state index contributed by atoms with van der Waals surface area (Å²) in [6.07, 6.45) is 5.29. The van der Waals surface area contributed by atoms with Crippen LogP contribution >= 0.6 is 0 Å². The van der Waals surface area contributed by atoms with Gasteiger partial charge in [0.2, 0.25) is 23.6 Å². The molecule has 15 nitrogen and oxygen atoms in total. The highest BCUT2D eigenvalue weighted by Crippen LogP contribution is 2.19. The summed E-state index contributed by atoms with van der Waals surface area (Å²) in [4.78, 5) is 72.6. The van der Waals surface area contributed by atoms with Crippen LogP contribution in [-0.4, -0.2) is 80.4 Å². The number of imidazole rings is 1. The summed E-state index contributed by atoms with van der Waals surface area (Å²) in [5.74, 6) is -4.24. The van der Waals surface area contributed by atoms with Crippen LogP contribution in [0.5, 0.6) is 0 Å². The third kappa shape index (κ3) is 9.14. The molecule has 0 radical (unpaired) electrons. The number of hydrogen-bond donors (Lipinski definition) is 9. The highest BCUT2D eigenvalue weighted by molar-refractivity contribution is 5.95. The number of para-hydroxylation sites is 1. The lowest BCUT2D eigenvalue weighted by Gasteiger charge is -2.25. The fraction of sp³-hybridized carbons (Fsp3) is 0.407. The molecule has 0 bridgehead atoms. The van der Waals surface area contributed by atoms with E-state index in [1.54, 1.807) is 6.20 Å². The summed E-state index contributed by atoms with van der Waals surface area (Å²) >= 11 is 0. The Kier molecular flexibility index (Phi) is 11.6. The number of nitrogens with two attached hydrogens (primary N) is 3. The molecule has 3 rings (SSSR count). The first kappa shape index (κ1) is 31.8. The molecule has 0 aliphatic carbocycles. The molecule has 15 heteroatoms. The topological polar surface area (TPSA) is 264 Å². The molecule has 0 spiro atoms. The van der Waals surface area contributed by atoms with E-state index in [0.717, 1.165) is 10.9 Å². The van der Waals surface area contributed by atoms with Crippen molar-refractivity contribution in [3.05, 3.63) is 54.2 Å². The maximum absolute atomic E-state index is 13.6. The summed E-state index contributed by atoms with van der Waals surface area (Å²) < 4.78 is 0. The van der Waals surface area contributed by atoms with Crippen LogP contribution in [0.25, 0.3) is 10.9 Å². The number of aliphatic carboxylic acids is 1. The Labute approximate surface area is 241 Å². The Morgan fingerprint density at radius 1 is 0.905 bits per heavy atom. The molecule has 3 aromatic rings. The first-order valence-electron chi connectivity index (χ1n) is 13.5. The quantitative estimate of drug-likeness (QED) is 0.0840. The number of fused-ring (bicyclic) bond motifs is 1. The van der Waals surface area contributed by atoms with Gasteiger partial charge in [0.1, 0.15) is 18.1 Å². The smallest absolute Gasteiger partial charge is 0.326 e. The van der Waals surface area contributed by atoms with Crippen molar-refractivity contribution < 1.29 is 29.1 Å². The molecule has 0 fully saturated rings. The van der Waals surface area contributed by atoms with E-state index >= 15 is 0 Å². The normalized spacial score (nSPS) is 14.0. The van der Waals surface area contributed by atoms with Gasteiger partial charge in [-0.2, -0.15) is 0 Å². The minimum absolute atomic E-state index is 0.0274. The largest absolute Gasteiger partial charge is 0.480 e. The Balaban J connectivity index is 1.82. The van der Waals surface area contributed by atoms with Crippen molar-refractivity contribution in [1.82, 2.24) is 30.9 Å². The lowest BCUT2D eigenvalue weighted by molar-refractivity contribution is -0.142. The number of amides is 4. The number of nitrogens with zero attached hydrogens (tertiary/aromatic N) is 1. The molecule has 2 aromatic heterocycles. The third-order valence-corrected chi connectivity index (χ3v) is 6.66. The molecule has 226 valence electrons. The van der Waals surface area contributed by atoms with E-state index in [2.05, 4.69) is 30.9 Å². The molecule has 42 heavy (non-hydrogen) atoms. The zero-order chi connectivity index (χ0) is 30.6. The molecule has 4 atom stereocenters. The SMILES string of the molecule is NCCCCC(NC(=O)C(Cc1c[nH]c2ccccc12)NC(=O)C(N)CC(N)=O)C(=O)NC(Cc1cnc[nH]1)C(=O)O. The number of benzene rings is 1. The second-order valence-corrected chi connectivity index (χ2v) is 9.93. The van der Waals surface area contributed by atoms with E-state index in [0.29, 0.717) is 30.6 Å². The maximum atomic E-state index is 13.6.